The molecule has 1 aromatic heterocycles. The number of hydrogen-bond acceptors (Lipinski definition) is 3. The molecular formula is C14H14ClF3N2O. The van der Waals surface area contributed by atoms with Gasteiger partial charge >= 0.3 is 6.18 Å². The number of pyridine rings is 1. The minimum atomic E-state index is -4.32. The van der Waals surface area contributed by atoms with Crippen molar-refractivity contribution >= 4 is 28.2 Å². The molecule has 3 nitrogen and oxygen atoms in total. The third-order valence-corrected chi connectivity index (χ3v) is 3.16. The SMILES string of the molecule is COc1cccc2c(N(CCCl)CC(F)(F)F)nccc12. The standard InChI is InChI=1S/C14H14ClF3N2O/c1-21-12-4-2-3-11-10(12)5-7-19-13(11)20(8-6-15)9-14(16,17)18/h2-5,7H,6,8-9H2,1H3. The number of methoxy groups -OCH3 is 1. The summed E-state index contributed by atoms with van der Waals surface area (Å²) in [5.74, 6) is 0.927. The van der Waals surface area contributed by atoms with Crippen LogP contribution in [0.3, 0.4) is 0 Å². The maximum atomic E-state index is 12.7. The van der Waals surface area contributed by atoms with E-state index in [-0.39, 0.29) is 18.2 Å². The highest BCUT2D eigenvalue weighted by Crippen LogP contribution is 2.32. The molecule has 0 aliphatic carbocycles. The molecule has 0 saturated carbocycles. The first kappa shape index (κ1) is 15.7. The average molecular weight is 319 g/mol. The van der Waals surface area contributed by atoms with Gasteiger partial charge in [-0.1, -0.05) is 12.1 Å². The van der Waals surface area contributed by atoms with E-state index in [4.69, 9.17) is 16.3 Å². The van der Waals surface area contributed by atoms with Crippen LogP contribution in [0.15, 0.2) is 30.5 Å². The second-order valence-electron chi connectivity index (χ2n) is 4.42. The third-order valence-electron chi connectivity index (χ3n) is 2.99. The Morgan fingerprint density at radius 2 is 2.00 bits per heavy atom. The smallest absolute Gasteiger partial charge is 0.405 e. The lowest BCUT2D eigenvalue weighted by molar-refractivity contribution is -0.119. The van der Waals surface area contributed by atoms with E-state index in [0.717, 1.165) is 4.90 Å². The Kier molecular flexibility index (Phi) is 4.77. The van der Waals surface area contributed by atoms with Gasteiger partial charge in [-0.05, 0) is 12.1 Å². The zero-order valence-corrected chi connectivity index (χ0v) is 12.1. The summed E-state index contributed by atoms with van der Waals surface area (Å²) >= 11 is 5.62. The quantitative estimate of drug-likeness (QED) is 0.783. The summed E-state index contributed by atoms with van der Waals surface area (Å²) < 4.78 is 43.4. The summed E-state index contributed by atoms with van der Waals surface area (Å²) in [7, 11) is 1.52. The highest BCUT2D eigenvalue weighted by atomic mass is 35.5. The van der Waals surface area contributed by atoms with E-state index in [9.17, 15) is 13.2 Å². The minimum Gasteiger partial charge on any atom is -0.496 e. The van der Waals surface area contributed by atoms with E-state index in [0.29, 0.717) is 16.5 Å². The molecule has 21 heavy (non-hydrogen) atoms. The largest absolute Gasteiger partial charge is 0.496 e. The number of fused-ring (bicyclic) bond motifs is 1. The lowest BCUT2D eigenvalue weighted by Gasteiger charge is -2.25. The van der Waals surface area contributed by atoms with Crippen molar-refractivity contribution in [3.8, 4) is 5.75 Å². The van der Waals surface area contributed by atoms with Crippen LogP contribution in [0.25, 0.3) is 10.8 Å². The van der Waals surface area contributed by atoms with Gasteiger partial charge < -0.3 is 9.64 Å². The first-order chi connectivity index (χ1) is 9.96. The monoisotopic (exact) mass is 318 g/mol. The molecule has 2 aromatic rings. The molecule has 0 radical (unpaired) electrons. The summed E-state index contributed by atoms with van der Waals surface area (Å²) in [6.07, 6.45) is -2.85. The first-order valence-electron chi connectivity index (χ1n) is 6.25. The topological polar surface area (TPSA) is 25.4 Å². The maximum absolute atomic E-state index is 12.7. The molecule has 0 unspecified atom stereocenters. The molecular weight excluding hydrogens is 305 g/mol. The van der Waals surface area contributed by atoms with Crippen LogP contribution in [0.5, 0.6) is 5.75 Å². The Balaban J connectivity index is 2.52. The Hall–Kier alpha value is -1.69. The normalized spacial score (nSPS) is 11.7. The summed E-state index contributed by atoms with van der Waals surface area (Å²) in [6.45, 7) is -1.03. The van der Waals surface area contributed by atoms with Crippen LogP contribution >= 0.6 is 11.6 Å². The zero-order valence-electron chi connectivity index (χ0n) is 11.3. The Morgan fingerprint density at radius 3 is 2.62 bits per heavy atom. The number of ether oxygens (including phenoxy) is 1. The lowest BCUT2D eigenvalue weighted by Crippen LogP contribution is -2.36. The predicted molar refractivity (Wildman–Crippen MR) is 77.3 cm³/mol. The molecule has 0 atom stereocenters. The van der Waals surface area contributed by atoms with Crippen molar-refractivity contribution < 1.29 is 17.9 Å². The molecule has 1 aromatic carbocycles. The summed E-state index contributed by atoms with van der Waals surface area (Å²) in [5.41, 5.74) is 0. The second-order valence-corrected chi connectivity index (χ2v) is 4.79. The third kappa shape index (κ3) is 3.69. The fourth-order valence-corrected chi connectivity index (χ4v) is 2.38. The second kappa shape index (κ2) is 6.39. The Morgan fingerprint density at radius 1 is 1.24 bits per heavy atom. The van der Waals surface area contributed by atoms with E-state index in [1.165, 1.54) is 13.3 Å². The molecule has 0 fully saturated rings. The van der Waals surface area contributed by atoms with Crippen LogP contribution in [0.2, 0.25) is 0 Å². The van der Waals surface area contributed by atoms with Crippen molar-refractivity contribution in [2.75, 3.05) is 31.0 Å². The Bertz CT molecular complexity index is 619. The molecule has 0 N–H and O–H groups in total. The van der Waals surface area contributed by atoms with E-state index in [2.05, 4.69) is 4.98 Å². The van der Waals surface area contributed by atoms with Gasteiger partial charge in [0.05, 0.1) is 7.11 Å². The molecule has 0 bridgehead atoms. The molecule has 2 rings (SSSR count). The highest BCUT2D eigenvalue weighted by molar-refractivity contribution is 6.18. The predicted octanol–water partition coefficient (Wildman–Crippen LogP) is 3.85. The molecule has 0 aliphatic heterocycles. The molecule has 114 valence electrons. The summed E-state index contributed by atoms with van der Waals surface area (Å²) in [4.78, 5) is 5.23. The van der Waals surface area contributed by atoms with Crippen molar-refractivity contribution in [1.29, 1.82) is 0 Å². The Labute approximate surface area is 125 Å². The first-order valence-corrected chi connectivity index (χ1v) is 6.79. The van der Waals surface area contributed by atoms with Gasteiger partial charge in [0.25, 0.3) is 0 Å². The molecule has 0 saturated heterocycles. The minimum absolute atomic E-state index is 0.0599. The van der Waals surface area contributed by atoms with Gasteiger partial charge in [-0.2, -0.15) is 13.2 Å². The van der Waals surface area contributed by atoms with Crippen LogP contribution in [0.1, 0.15) is 0 Å². The molecule has 0 spiro atoms. The van der Waals surface area contributed by atoms with E-state index in [1.54, 1.807) is 24.3 Å². The number of benzene rings is 1. The zero-order chi connectivity index (χ0) is 15.5. The summed E-state index contributed by atoms with van der Waals surface area (Å²) in [6, 6.07) is 6.91. The van der Waals surface area contributed by atoms with Gasteiger partial charge in [0.1, 0.15) is 18.1 Å². The van der Waals surface area contributed by atoms with E-state index in [1.807, 2.05) is 0 Å². The van der Waals surface area contributed by atoms with Crippen molar-refractivity contribution in [1.82, 2.24) is 4.98 Å². The lowest BCUT2D eigenvalue weighted by atomic mass is 10.1. The van der Waals surface area contributed by atoms with Crippen molar-refractivity contribution in [3.05, 3.63) is 30.5 Å². The number of rotatable bonds is 5. The maximum Gasteiger partial charge on any atom is 0.405 e. The van der Waals surface area contributed by atoms with Gasteiger partial charge in [-0.3, -0.25) is 0 Å². The van der Waals surface area contributed by atoms with Crippen LogP contribution < -0.4 is 9.64 Å². The summed E-state index contributed by atoms with van der Waals surface area (Å²) in [5, 5.41) is 1.32. The van der Waals surface area contributed by atoms with Crippen LogP contribution in [-0.2, 0) is 0 Å². The van der Waals surface area contributed by atoms with E-state index >= 15 is 0 Å². The number of alkyl halides is 4. The van der Waals surface area contributed by atoms with Gasteiger partial charge in [0, 0.05) is 29.4 Å². The van der Waals surface area contributed by atoms with Crippen LogP contribution in [0.4, 0.5) is 19.0 Å². The number of anilines is 1. The molecule has 0 aliphatic rings. The van der Waals surface area contributed by atoms with Gasteiger partial charge in [-0.15, -0.1) is 11.6 Å². The highest BCUT2D eigenvalue weighted by Gasteiger charge is 2.31. The van der Waals surface area contributed by atoms with Crippen LogP contribution in [0, 0.1) is 0 Å². The number of nitrogens with zero attached hydrogens (tertiary/aromatic N) is 2. The molecule has 1 heterocycles. The molecule has 7 heteroatoms. The van der Waals surface area contributed by atoms with Crippen molar-refractivity contribution in [3.63, 3.8) is 0 Å². The molecule has 0 amide bonds. The van der Waals surface area contributed by atoms with Gasteiger partial charge in [-0.25, -0.2) is 4.98 Å². The number of halogens is 4. The van der Waals surface area contributed by atoms with Gasteiger partial charge in [0.15, 0.2) is 0 Å². The van der Waals surface area contributed by atoms with Crippen molar-refractivity contribution in [2.24, 2.45) is 0 Å². The van der Waals surface area contributed by atoms with Crippen molar-refractivity contribution in [2.45, 2.75) is 6.18 Å². The van der Waals surface area contributed by atoms with Gasteiger partial charge in [0.2, 0.25) is 0 Å². The fraction of sp³-hybridized carbons (Fsp3) is 0.357. The average Bonchev–Trinajstić information content (AvgIpc) is 2.44. The number of aromatic nitrogens is 1. The van der Waals surface area contributed by atoms with E-state index < -0.39 is 12.7 Å². The number of hydrogen-bond donors (Lipinski definition) is 0. The fourth-order valence-electron chi connectivity index (χ4n) is 2.17. The van der Waals surface area contributed by atoms with Crippen LogP contribution in [-0.4, -0.2) is 37.2 Å².